The second kappa shape index (κ2) is 4.96. The van der Waals surface area contributed by atoms with Gasteiger partial charge in [0, 0.05) is 9.75 Å². The van der Waals surface area contributed by atoms with Gasteiger partial charge in [0.1, 0.15) is 11.6 Å². The van der Waals surface area contributed by atoms with Crippen molar-refractivity contribution < 1.29 is 9.59 Å². The molecule has 1 aliphatic rings. The maximum Gasteiger partial charge on any atom is 0.249 e. The zero-order valence-electron chi connectivity index (χ0n) is 11.8. The fourth-order valence-electron chi connectivity index (χ4n) is 2.25. The molecule has 104 valence electrons. The molecule has 2 amide bonds. The summed E-state index contributed by atoms with van der Waals surface area (Å²) in [5.74, 6) is -0.0645. The third-order valence-corrected chi connectivity index (χ3v) is 4.79. The largest absolute Gasteiger partial charge is 0.340 e. The Morgan fingerprint density at radius 1 is 1.42 bits per heavy atom. The van der Waals surface area contributed by atoms with E-state index in [9.17, 15) is 9.59 Å². The number of carbonyl (C=O) groups is 2. The van der Waals surface area contributed by atoms with Crippen LogP contribution in [-0.2, 0) is 16.1 Å². The maximum absolute atomic E-state index is 12.6. The number of hydrogen-bond donors (Lipinski definition) is 1. The van der Waals surface area contributed by atoms with Crippen LogP contribution in [0.25, 0.3) is 0 Å². The Morgan fingerprint density at radius 2 is 2.11 bits per heavy atom. The van der Waals surface area contributed by atoms with Gasteiger partial charge in [0.25, 0.3) is 0 Å². The van der Waals surface area contributed by atoms with Gasteiger partial charge in [-0.3, -0.25) is 9.59 Å². The zero-order chi connectivity index (χ0) is 14.2. The second-order valence-corrected chi connectivity index (χ2v) is 6.67. The zero-order valence-corrected chi connectivity index (χ0v) is 12.6. The lowest BCUT2D eigenvalue weighted by molar-refractivity contribution is -0.154. The number of nitrogens with one attached hydrogen (secondary N) is 1. The molecule has 1 aromatic rings. The maximum atomic E-state index is 12.6. The first-order chi connectivity index (χ1) is 8.87. The summed E-state index contributed by atoms with van der Waals surface area (Å²) in [7, 11) is 0. The number of rotatable bonds is 3. The van der Waals surface area contributed by atoms with Crippen LogP contribution in [-0.4, -0.2) is 28.3 Å². The molecule has 19 heavy (non-hydrogen) atoms. The van der Waals surface area contributed by atoms with Crippen molar-refractivity contribution in [3.05, 3.63) is 21.9 Å². The summed E-state index contributed by atoms with van der Waals surface area (Å²) in [4.78, 5) is 28.6. The normalized spacial score (nSPS) is 27.6. The van der Waals surface area contributed by atoms with Gasteiger partial charge in [-0.2, -0.15) is 0 Å². The van der Waals surface area contributed by atoms with Crippen molar-refractivity contribution in [2.24, 2.45) is 0 Å². The number of thiophene rings is 1. The fraction of sp³-hybridized carbons (Fsp3) is 0.571. The predicted octanol–water partition coefficient (Wildman–Crippen LogP) is 2.07. The van der Waals surface area contributed by atoms with E-state index in [2.05, 4.69) is 5.32 Å². The van der Waals surface area contributed by atoms with Gasteiger partial charge >= 0.3 is 0 Å². The third kappa shape index (κ3) is 2.52. The molecule has 0 spiro atoms. The van der Waals surface area contributed by atoms with Crippen LogP contribution >= 0.6 is 11.3 Å². The van der Waals surface area contributed by atoms with Crippen LogP contribution in [0, 0.1) is 6.92 Å². The van der Waals surface area contributed by atoms with E-state index in [4.69, 9.17) is 0 Å². The van der Waals surface area contributed by atoms with E-state index in [-0.39, 0.29) is 11.8 Å². The van der Waals surface area contributed by atoms with Crippen molar-refractivity contribution in [2.75, 3.05) is 0 Å². The van der Waals surface area contributed by atoms with Crippen molar-refractivity contribution in [3.8, 4) is 0 Å². The van der Waals surface area contributed by atoms with Crippen molar-refractivity contribution in [2.45, 2.75) is 52.2 Å². The molecular formula is C14H20N2O2S. The molecule has 4 nitrogen and oxygen atoms in total. The number of piperazine rings is 1. The summed E-state index contributed by atoms with van der Waals surface area (Å²) < 4.78 is 0. The van der Waals surface area contributed by atoms with Crippen LogP contribution in [0.3, 0.4) is 0 Å². The molecule has 1 aromatic heterocycles. The molecular weight excluding hydrogens is 260 g/mol. The van der Waals surface area contributed by atoms with Crippen LogP contribution in [0.2, 0.25) is 0 Å². The summed E-state index contributed by atoms with van der Waals surface area (Å²) in [6.45, 7) is 8.05. The lowest BCUT2D eigenvalue weighted by Crippen LogP contribution is -2.67. The van der Waals surface area contributed by atoms with E-state index in [1.807, 2.05) is 26.0 Å². The number of carbonyl (C=O) groups excluding carboxylic acids is 2. The summed E-state index contributed by atoms with van der Waals surface area (Å²) in [6, 6.07) is 3.66. The smallest absolute Gasteiger partial charge is 0.249 e. The van der Waals surface area contributed by atoms with Crippen molar-refractivity contribution in [1.29, 1.82) is 0 Å². The van der Waals surface area contributed by atoms with Crippen molar-refractivity contribution in [3.63, 3.8) is 0 Å². The minimum Gasteiger partial charge on any atom is -0.340 e. The Kier molecular flexibility index (Phi) is 3.67. The van der Waals surface area contributed by atoms with E-state index >= 15 is 0 Å². The first-order valence-corrected chi connectivity index (χ1v) is 7.37. The summed E-state index contributed by atoms with van der Waals surface area (Å²) in [5, 5.41) is 2.84. The second-order valence-electron chi connectivity index (χ2n) is 5.30. The third-order valence-electron chi connectivity index (χ3n) is 3.81. The Balaban J connectivity index is 2.25. The van der Waals surface area contributed by atoms with Gasteiger partial charge < -0.3 is 10.2 Å². The van der Waals surface area contributed by atoms with Gasteiger partial charge in [0.2, 0.25) is 11.8 Å². The number of nitrogens with zero attached hydrogens (tertiary/aromatic N) is 1. The number of hydrogen-bond acceptors (Lipinski definition) is 3. The highest BCUT2D eigenvalue weighted by atomic mass is 32.1. The molecule has 2 heterocycles. The van der Waals surface area contributed by atoms with Gasteiger partial charge in [0.15, 0.2) is 0 Å². The highest BCUT2D eigenvalue weighted by molar-refractivity contribution is 7.11. The molecule has 2 unspecified atom stereocenters. The first kappa shape index (κ1) is 14.1. The van der Waals surface area contributed by atoms with Crippen molar-refractivity contribution in [1.82, 2.24) is 10.2 Å². The van der Waals surface area contributed by atoms with Gasteiger partial charge in [0.05, 0.1) is 6.54 Å². The lowest BCUT2D eigenvalue weighted by Gasteiger charge is -2.42. The first-order valence-electron chi connectivity index (χ1n) is 6.56. The van der Waals surface area contributed by atoms with Gasteiger partial charge in [-0.25, -0.2) is 0 Å². The molecule has 0 radical (unpaired) electrons. The highest BCUT2D eigenvalue weighted by Crippen LogP contribution is 2.25. The highest BCUT2D eigenvalue weighted by Gasteiger charge is 2.45. The predicted molar refractivity (Wildman–Crippen MR) is 75.9 cm³/mol. The SMILES string of the molecule is CCC1(C)NC(=O)C(C)N(Cc2ccc(C)s2)C1=O. The van der Waals surface area contributed by atoms with Crippen LogP contribution in [0.15, 0.2) is 12.1 Å². The topological polar surface area (TPSA) is 49.4 Å². The lowest BCUT2D eigenvalue weighted by atomic mass is 9.92. The molecule has 1 fully saturated rings. The Morgan fingerprint density at radius 3 is 2.63 bits per heavy atom. The van der Waals surface area contributed by atoms with E-state index in [1.165, 1.54) is 4.88 Å². The van der Waals surface area contributed by atoms with Crippen LogP contribution in [0.1, 0.15) is 36.9 Å². The van der Waals surface area contributed by atoms with Crippen LogP contribution in [0.5, 0.6) is 0 Å². The number of aryl methyl sites for hydroxylation is 1. The average molecular weight is 280 g/mol. The van der Waals surface area contributed by atoms with Gasteiger partial charge in [-0.15, -0.1) is 11.3 Å². The average Bonchev–Trinajstić information content (AvgIpc) is 2.78. The molecule has 1 N–H and O–H groups in total. The molecule has 0 bridgehead atoms. The monoisotopic (exact) mass is 280 g/mol. The Labute approximate surface area is 117 Å². The van der Waals surface area contributed by atoms with E-state index in [1.54, 1.807) is 30.1 Å². The summed E-state index contributed by atoms with van der Waals surface area (Å²) >= 11 is 1.67. The molecule has 0 aliphatic carbocycles. The number of amides is 2. The standard InChI is InChI=1S/C14H20N2O2S/c1-5-14(4)13(18)16(10(3)12(17)15-14)8-11-7-6-9(2)19-11/h6-7,10H,5,8H2,1-4H3,(H,15,17). The van der Waals surface area contributed by atoms with Gasteiger partial charge in [-0.05, 0) is 39.3 Å². The minimum absolute atomic E-state index is 0.00755. The fourth-order valence-corrected chi connectivity index (χ4v) is 3.14. The van der Waals surface area contributed by atoms with Crippen LogP contribution in [0.4, 0.5) is 0 Å². The summed E-state index contributed by atoms with van der Waals surface area (Å²) in [6.07, 6.45) is 0.601. The molecule has 1 aliphatic heterocycles. The van der Waals surface area contributed by atoms with E-state index < -0.39 is 11.6 Å². The molecule has 0 aromatic carbocycles. The summed E-state index contributed by atoms with van der Waals surface area (Å²) in [5.41, 5.74) is -0.768. The van der Waals surface area contributed by atoms with Crippen LogP contribution < -0.4 is 5.32 Å². The Hall–Kier alpha value is -1.36. The quantitative estimate of drug-likeness (QED) is 0.921. The molecule has 5 heteroatoms. The van der Waals surface area contributed by atoms with E-state index in [0.29, 0.717) is 13.0 Å². The molecule has 0 saturated carbocycles. The van der Waals surface area contributed by atoms with Crippen molar-refractivity contribution >= 4 is 23.2 Å². The molecule has 1 saturated heterocycles. The molecule has 2 atom stereocenters. The molecule has 2 rings (SSSR count). The minimum atomic E-state index is -0.768. The van der Waals surface area contributed by atoms with E-state index in [0.717, 1.165) is 4.88 Å². The van der Waals surface area contributed by atoms with Gasteiger partial charge in [-0.1, -0.05) is 6.92 Å². The Bertz CT molecular complexity index is 511.